The molecule has 4 heteroatoms. The van der Waals surface area contributed by atoms with Crippen molar-refractivity contribution in [3.05, 3.63) is 35.1 Å². The number of aliphatic hydroxyl groups is 1. The molecule has 0 saturated carbocycles. The SMILES string of the molecule is CNC(CCN1CCC(C)(O)CC1)c1ccc(C)c(F)c1. The first-order valence-electron chi connectivity index (χ1n) is 7.79. The molecule has 1 fully saturated rings. The number of piperidine rings is 1. The molecule has 1 aromatic rings. The Morgan fingerprint density at radius 2 is 2.05 bits per heavy atom. The Hall–Kier alpha value is -0.970. The van der Waals surface area contributed by atoms with E-state index >= 15 is 0 Å². The van der Waals surface area contributed by atoms with E-state index in [-0.39, 0.29) is 11.9 Å². The third kappa shape index (κ3) is 4.50. The molecule has 1 aliphatic heterocycles. The molecule has 0 radical (unpaired) electrons. The van der Waals surface area contributed by atoms with Gasteiger partial charge in [0.25, 0.3) is 0 Å². The molecule has 1 saturated heterocycles. The second-order valence-electron chi connectivity index (χ2n) is 6.48. The average Bonchev–Trinajstić information content (AvgIpc) is 2.45. The molecule has 1 unspecified atom stereocenters. The minimum atomic E-state index is -0.501. The first-order valence-corrected chi connectivity index (χ1v) is 7.79. The molecule has 2 N–H and O–H groups in total. The lowest BCUT2D eigenvalue weighted by Crippen LogP contribution is -2.43. The summed E-state index contributed by atoms with van der Waals surface area (Å²) >= 11 is 0. The molecule has 0 spiro atoms. The van der Waals surface area contributed by atoms with E-state index in [1.54, 1.807) is 13.0 Å². The Morgan fingerprint density at radius 1 is 1.38 bits per heavy atom. The number of hydrogen-bond acceptors (Lipinski definition) is 3. The lowest BCUT2D eigenvalue weighted by molar-refractivity contribution is -0.00593. The summed E-state index contributed by atoms with van der Waals surface area (Å²) in [7, 11) is 1.92. The van der Waals surface area contributed by atoms with Gasteiger partial charge in [0.1, 0.15) is 5.82 Å². The highest BCUT2D eigenvalue weighted by atomic mass is 19.1. The standard InChI is InChI=1S/C17H27FN2O/c1-13-4-5-14(12-15(13)18)16(19-3)6-9-20-10-7-17(2,21)8-11-20/h4-5,12,16,19,21H,6-11H2,1-3H3. The quantitative estimate of drug-likeness (QED) is 0.876. The molecule has 2 rings (SSSR count). The Labute approximate surface area is 127 Å². The van der Waals surface area contributed by atoms with Gasteiger partial charge < -0.3 is 15.3 Å². The molecule has 0 aromatic heterocycles. The minimum absolute atomic E-state index is 0.137. The molecular formula is C17H27FN2O. The molecule has 1 aromatic carbocycles. The van der Waals surface area contributed by atoms with Crippen molar-refractivity contribution in [1.82, 2.24) is 10.2 Å². The van der Waals surface area contributed by atoms with E-state index in [1.807, 2.05) is 26.1 Å². The van der Waals surface area contributed by atoms with Crippen LogP contribution in [0.3, 0.4) is 0 Å². The molecule has 3 nitrogen and oxygen atoms in total. The topological polar surface area (TPSA) is 35.5 Å². The third-order valence-electron chi connectivity index (χ3n) is 4.61. The van der Waals surface area contributed by atoms with Gasteiger partial charge in [0.05, 0.1) is 5.60 Å². The third-order valence-corrected chi connectivity index (χ3v) is 4.61. The van der Waals surface area contributed by atoms with Gasteiger partial charge in [-0.05, 0) is 63.9 Å². The van der Waals surface area contributed by atoms with Crippen molar-refractivity contribution < 1.29 is 9.50 Å². The predicted octanol–water partition coefficient (Wildman–Crippen LogP) is 2.63. The molecule has 21 heavy (non-hydrogen) atoms. The highest BCUT2D eigenvalue weighted by molar-refractivity contribution is 5.25. The lowest BCUT2D eigenvalue weighted by atomic mass is 9.93. The normalized spacial score (nSPS) is 20.4. The minimum Gasteiger partial charge on any atom is -0.390 e. The molecular weight excluding hydrogens is 267 g/mol. The second kappa shape index (κ2) is 6.86. The Kier molecular flexibility index (Phi) is 5.36. The van der Waals surface area contributed by atoms with E-state index in [9.17, 15) is 9.50 Å². The number of likely N-dealkylation sites (tertiary alicyclic amines) is 1. The van der Waals surface area contributed by atoms with Crippen LogP contribution in [0.2, 0.25) is 0 Å². The van der Waals surface area contributed by atoms with Crippen LogP contribution >= 0.6 is 0 Å². The highest BCUT2D eigenvalue weighted by Crippen LogP contribution is 2.23. The predicted molar refractivity (Wildman–Crippen MR) is 83.9 cm³/mol. The largest absolute Gasteiger partial charge is 0.390 e. The van der Waals surface area contributed by atoms with Crippen molar-refractivity contribution >= 4 is 0 Å². The number of rotatable bonds is 5. The summed E-state index contributed by atoms with van der Waals surface area (Å²) in [6.45, 7) is 6.54. The maximum absolute atomic E-state index is 13.7. The molecule has 0 aliphatic carbocycles. The van der Waals surface area contributed by atoms with Crippen LogP contribution in [0.15, 0.2) is 18.2 Å². The van der Waals surface area contributed by atoms with E-state index in [4.69, 9.17) is 0 Å². The Bertz CT molecular complexity index is 466. The van der Waals surface area contributed by atoms with Crippen LogP contribution in [0.25, 0.3) is 0 Å². The van der Waals surface area contributed by atoms with Crippen LogP contribution < -0.4 is 5.32 Å². The molecule has 118 valence electrons. The van der Waals surface area contributed by atoms with Gasteiger partial charge in [-0.3, -0.25) is 0 Å². The summed E-state index contributed by atoms with van der Waals surface area (Å²) < 4.78 is 13.7. The van der Waals surface area contributed by atoms with Gasteiger partial charge in [-0.1, -0.05) is 12.1 Å². The fourth-order valence-electron chi connectivity index (χ4n) is 2.87. The van der Waals surface area contributed by atoms with Crippen molar-refractivity contribution in [3.63, 3.8) is 0 Å². The monoisotopic (exact) mass is 294 g/mol. The van der Waals surface area contributed by atoms with Crippen molar-refractivity contribution in [3.8, 4) is 0 Å². The van der Waals surface area contributed by atoms with Gasteiger partial charge in [0.15, 0.2) is 0 Å². The fraction of sp³-hybridized carbons (Fsp3) is 0.647. The summed E-state index contributed by atoms with van der Waals surface area (Å²) in [5.41, 5.74) is 1.19. The van der Waals surface area contributed by atoms with E-state index < -0.39 is 5.60 Å². The molecule has 0 bridgehead atoms. The summed E-state index contributed by atoms with van der Waals surface area (Å²) in [6.07, 6.45) is 2.61. The van der Waals surface area contributed by atoms with Crippen molar-refractivity contribution in [1.29, 1.82) is 0 Å². The lowest BCUT2D eigenvalue weighted by Gasteiger charge is -2.36. The first kappa shape index (κ1) is 16.4. The zero-order chi connectivity index (χ0) is 15.5. The van der Waals surface area contributed by atoms with Crippen LogP contribution in [0.5, 0.6) is 0 Å². The van der Waals surface area contributed by atoms with Gasteiger partial charge in [-0.25, -0.2) is 4.39 Å². The van der Waals surface area contributed by atoms with Crippen LogP contribution in [-0.4, -0.2) is 42.3 Å². The summed E-state index contributed by atoms with van der Waals surface area (Å²) in [4.78, 5) is 2.38. The van der Waals surface area contributed by atoms with Crippen LogP contribution in [-0.2, 0) is 0 Å². The van der Waals surface area contributed by atoms with Crippen LogP contribution in [0, 0.1) is 12.7 Å². The zero-order valence-electron chi connectivity index (χ0n) is 13.3. The smallest absolute Gasteiger partial charge is 0.126 e. The van der Waals surface area contributed by atoms with Crippen LogP contribution in [0.1, 0.15) is 43.4 Å². The van der Waals surface area contributed by atoms with Gasteiger partial charge >= 0.3 is 0 Å². The van der Waals surface area contributed by atoms with E-state index in [2.05, 4.69) is 10.2 Å². The zero-order valence-corrected chi connectivity index (χ0v) is 13.3. The van der Waals surface area contributed by atoms with E-state index in [1.165, 1.54) is 0 Å². The number of aryl methyl sites for hydroxylation is 1. The maximum atomic E-state index is 13.7. The van der Waals surface area contributed by atoms with Crippen LogP contribution in [0.4, 0.5) is 4.39 Å². The second-order valence-corrected chi connectivity index (χ2v) is 6.48. The highest BCUT2D eigenvalue weighted by Gasteiger charge is 2.27. The number of nitrogens with zero attached hydrogens (tertiary/aromatic N) is 1. The van der Waals surface area contributed by atoms with Crippen molar-refractivity contribution in [2.75, 3.05) is 26.7 Å². The summed E-state index contributed by atoms with van der Waals surface area (Å²) in [5, 5.41) is 13.2. The average molecular weight is 294 g/mol. The van der Waals surface area contributed by atoms with Gasteiger partial charge in [-0.2, -0.15) is 0 Å². The van der Waals surface area contributed by atoms with Crippen molar-refractivity contribution in [2.45, 2.75) is 44.8 Å². The number of nitrogens with one attached hydrogen (secondary N) is 1. The Balaban J connectivity index is 1.89. The molecule has 1 aliphatic rings. The summed E-state index contributed by atoms with van der Waals surface area (Å²) in [5.74, 6) is -0.137. The molecule has 1 heterocycles. The summed E-state index contributed by atoms with van der Waals surface area (Å²) in [6, 6.07) is 5.65. The first-order chi connectivity index (χ1) is 9.91. The van der Waals surface area contributed by atoms with Gasteiger partial charge in [-0.15, -0.1) is 0 Å². The molecule has 0 amide bonds. The number of benzene rings is 1. The van der Waals surface area contributed by atoms with Gasteiger partial charge in [0.2, 0.25) is 0 Å². The maximum Gasteiger partial charge on any atom is 0.126 e. The van der Waals surface area contributed by atoms with Crippen molar-refractivity contribution in [2.24, 2.45) is 0 Å². The fourth-order valence-corrected chi connectivity index (χ4v) is 2.87. The molecule has 1 atom stereocenters. The number of hydrogen-bond donors (Lipinski definition) is 2. The van der Waals surface area contributed by atoms with E-state index in [0.717, 1.165) is 44.5 Å². The number of halogens is 1. The van der Waals surface area contributed by atoms with E-state index in [0.29, 0.717) is 5.56 Å². The Morgan fingerprint density at radius 3 is 2.62 bits per heavy atom. The van der Waals surface area contributed by atoms with Gasteiger partial charge in [0, 0.05) is 19.1 Å².